The number of hydrogen-bond acceptors (Lipinski definition) is 4. The zero-order chi connectivity index (χ0) is 17.5. The fourth-order valence-electron chi connectivity index (χ4n) is 2.79. The molecule has 3 rings (SSSR count). The predicted molar refractivity (Wildman–Crippen MR) is 89.4 cm³/mol. The van der Waals surface area contributed by atoms with Gasteiger partial charge in [-0.3, -0.25) is 9.48 Å². The van der Waals surface area contributed by atoms with Crippen LogP contribution in [-0.2, 0) is 17.4 Å². The van der Waals surface area contributed by atoms with Gasteiger partial charge in [-0.2, -0.15) is 10.2 Å². The number of carbonyl (C=O) groups is 2. The average molecular weight is 325 g/mol. The van der Waals surface area contributed by atoms with Crippen molar-refractivity contribution in [1.82, 2.24) is 20.1 Å². The van der Waals surface area contributed by atoms with Crippen molar-refractivity contribution >= 4 is 18.2 Å². The number of imide groups is 1. The predicted octanol–water partition coefficient (Wildman–Crippen LogP) is 1.84. The van der Waals surface area contributed by atoms with Gasteiger partial charge in [0.15, 0.2) is 0 Å². The first kappa shape index (κ1) is 15.9. The Morgan fingerprint density at radius 3 is 2.46 bits per heavy atom. The smallest absolute Gasteiger partial charge is 0.318 e. The zero-order valence-electron chi connectivity index (χ0n) is 14.1. The van der Waals surface area contributed by atoms with Crippen molar-refractivity contribution in [3.05, 3.63) is 52.8 Å². The molecule has 7 heteroatoms. The highest BCUT2D eigenvalue weighted by Gasteiger charge is 2.49. The minimum Gasteiger partial charge on any atom is -0.318 e. The summed E-state index contributed by atoms with van der Waals surface area (Å²) in [5.41, 5.74) is 2.10. The summed E-state index contributed by atoms with van der Waals surface area (Å²) in [4.78, 5) is 25.0. The Morgan fingerprint density at radius 2 is 1.88 bits per heavy atom. The fraction of sp³-hybridized carbons (Fsp3) is 0.294. The molecule has 0 spiro atoms. The highest BCUT2D eigenvalue weighted by atomic mass is 16.2. The number of aryl methyl sites for hydroxylation is 2. The third-order valence-corrected chi connectivity index (χ3v) is 4.39. The lowest BCUT2D eigenvalue weighted by atomic mass is 9.92. The van der Waals surface area contributed by atoms with Crippen LogP contribution in [0.3, 0.4) is 0 Å². The molecule has 7 nitrogen and oxygen atoms in total. The van der Waals surface area contributed by atoms with E-state index in [4.69, 9.17) is 0 Å². The summed E-state index contributed by atoms with van der Waals surface area (Å²) in [6, 6.07) is 8.59. The van der Waals surface area contributed by atoms with Gasteiger partial charge in [0.25, 0.3) is 5.91 Å². The van der Waals surface area contributed by atoms with E-state index in [0.29, 0.717) is 0 Å². The molecule has 1 N–H and O–H groups in total. The Morgan fingerprint density at radius 1 is 1.21 bits per heavy atom. The Hall–Kier alpha value is -2.96. The van der Waals surface area contributed by atoms with Crippen molar-refractivity contribution in [2.75, 3.05) is 0 Å². The fourth-order valence-corrected chi connectivity index (χ4v) is 2.79. The first-order chi connectivity index (χ1) is 11.3. The lowest BCUT2D eigenvalue weighted by molar-refractivity contribution is -0.131. The number of nitrogens with one attached hydrogen (secondary N) is 1. The van der Waals surface area contributed by atoms with Crippen LogP contribution in [0, 0.1) is 13.8 Å². The van der Waals surface area contributed by atoms with Crippen LogP contribution in [-0.4, -0.2) is 32.9 Å². The minimum atomic E-state index is -1.12. The Bertz CT molecular complexity index is 840. The van der Waals surface area contributed by atoms with Crippen LogP contribution in [0.2, 0.25) is 0 Å². The quantitative estimate of drug-likeness (QED) is 0.691. The van der Waals surface area contributed by atoms with E-state index in [9.17, 15) is 9.59 Å². The largest absolute Gasteiger partial charge is 0.346 e. The second-order valence-corrected chi connectivity index (χ2v) is 5.99. The van der Waals surface area contributed by atoms with E-state index in [1.54, 1.807) is 23.7 Å². The second-order valence-electron chi connectivity index (χ2n) is 5.99. The monoisotopic (exact) mass is 325 g/mol. The van der Waals surface area contributed by atoms with Gasteiger partial charge in [-0.15, -0.1) is 5.01 Å². The molecule has 1 aliphatic rings. The number of rotatable bonds is 3. The highest BCUT2D eigenvalue weighted by Crippen LogP contribution is 2.28. The van der Waals surface area contributed by atoms with Crippen LogP contribution < -0.4 is 5.32 Å². The maximum absolute atomic E-state index is 12.7. The number of nitrogens with zero attached hydrogens (tertiary/aromatic N) is 4. The highest BCUT2D eigenvalue weighted by molar-refractivity contribution is 6.07. The van der Waals surface area contributed by atoms with Crippen LogP contribution >= 0.6 is 0 Å². The standard InChI is InChI=1S/C17H19N5O2/c1-11-14(12(2)21(4)20-11)10-18-22-15(23)17(3,19-16(22)24)13-8-6-5-7-9-13/h5-10H,1-4H3,(H,19,24)/b18-10-/t17-/m1/s1. The first-order valence-electron chi connectivity index (χ1n) is 7.61. The van der Waals surface area contributed by atoms with Crippen molar-refractivity contribution in [3.63, 3.8) is 0 Å². The number of amides is 3. The number of hydrogen-bond donors (Lipinski definition) is 1. The third-order valence-electron chi connectivity index (χ3n) is 4.39. The van der Waals surface area contributed by atoms with E-state index < -0.39 is 17.5 Å². The second kappa shape index (κ2) is 5.59. The van der Waals surface area contributed by atoms with E-state index in [-0.39, 0.29) is 0 Å². The van der Waals surface area contributed by atoms with Crippen molar-refractivity contribution in [2.24, 2.45) is 12.1 Å². The van der Waals surface area contributed by atoms with Gasteiger partial charge in [0.2, 0.25) is 0 Å². The molecule has 2 heterocycles. The summed E-state index contributed by atoms with van der Waals surface area (Å²) in [7, 11) is 1.83. The molecular formula is C17H19N5O2. The van der Waals surface area contributed by atoms with Crippen LogP contribution in [0.5, 0.6) is 0 Å². The van der Waals surface area contributed by atoms with E-state index in [1.165, 1.54) is 6.21 Å². The number of urea groups is 1. The number of hydrazone groups is 1. The summed E-state index contributed by atoms with van der Waals surface area (Å²) in [5, 5.41) is 12.0. The van der Waals surface area contributed by atoms with E-state index in [2.05, 4.69) is 15.5 Å². The molecule has 0 aliphatic carbocycles. The van der Waals surface area contributed by atoms with Gasteiger partial charge in [-0.05, 0) is 26.3 Å². The third kappa shape index (κ3) is 2.38. The summed E-state index contributed by atoms with van der Waals surface area (Å²) in [6.07, 6.45) is 1.51. The minimum absolute atomic E-state index is 0.408. The average Bonchev–Trinajstić information content (AvgIpc) is 2.93. The number of carbonyl (C=O) groups excluding carboxylic acids is 2. The van der Waals surface area contributed by atoms with Gasteiger partial charge in [0.05, 0.1) is 11.9 Å². The normalized spacial score (nSPS) is 20.9. The van der Waals surface area contributed by atoms with Gasteiger partial charge < -0.3 is 5.32 Å². The molecule has 0 unspecified atom stereocenters. The van der Waals surface area contributed by atoms with Gasteiger partial charge in [-0.1, -0.05) is 30.3 Å². The maximum Gasteiger partial charge on any atom is 0.346 e. The lowest BCUT2D eigenvalue weighted by Gasteiger charge is -2.20. The molecule has 3 amide bonds. The molecule has 0 radical (unpaired) electrons. The Labute approximate surface area is 140 Å². The van der Waals surface area contributed by atoms with Crippen molar-refractivity contribution in [2.45, 2.75) is 26.3 Å². The summed E-state index contributed by atoms with van der Waals surface area (Å²) < 4.78 is 1.73. The Balaban J connectivity index is 1.92. The van der Waals surface area contributed by atoms with Crippen LogP contribution in [0.25, 0.3) is 0 Å². The van der Waals surface area contributed by atoms with Crippen molar-refractivity contribution in [3.8, 4) is 0 Å². The molecule has 2 aromatic rings. The number of aromatic nitrogens is 2. The van der Waals surface area contributed by atoms with Crippen LogP contribution in [0.4, 0.5) is 4.79 Å². The lowest BCUT2D eigenvalue weighted by Crippen LogP contribution is -2.40. The zero-order valence-corrected chi connectivity index (χ0v) is 14.1. The number of benzene rings is 1. The summed E-state index contributed by atoms with van der Waals surface area (Å²) in [5.74, 6) is -0.408. The molecule has 1 fully saturated rings. The topological polar surface area (TPSA) is 79.6 Å². The molecular weight excluding hydrogens is 306 g/mol. The molecule has 1 saturated heterocycles. The van der Waals surface area contributed by atoms with Crippen LogP contribution in [0.15, 0.2) is 35.4 Å². The SMILES string of the molecule is Cc1nn(C)c(C)c1/C=N\N1C(=O)N[C@](C)(c2ccccc2)C1=O. The molecule has 1 aromatic heterocycles. The molecule has 1 aliphatic heterocycles. The van der Waals surface area contributed by atoms with E-state index in [1.807, 2.05) is 39.1 Å². The summed E-state index contributed by atoms with van der Waals surface area (Å²) >= 11 is 0. The first-order valence-corrected chi connectivity index (χ1v) is 7.61. The Kier molecular flexibility index (Phi) is 3.71. The molecule has 0 saturated carbocycles. The van der Waals surface area contributed by atoms with Gasteiger partial charge in [0, 0.05) is 18.3 Å². The van der Waals surface area contributed by atoms with Crippen molar-refractivity contribution in [1.29, 1.82) is 0 Å². The molecule has 1 atom stereocenters. The van der Waals surface area contributed by atoms with E-state index in [0.717, 1.165) is 27.5 Å². The summed E-state index contributed by atoms with van der Waals surface area (Å²) in [6.45, 7) is 5.44. The molecule has 0 bridgehead atoms. The molecule has 124 valence electrons. The van der Waals surface area contributed by atoms with Crippen LogP contribution in [0.1, 0.15) is 29.4 Å². The van der Waals surface area contributed by atoms with Gasteiger partial charge >= 0.3 is 6.03 Å². The van der Waals surface area contributed by atoms with E-state index >= 15 is 0 Å². The maximum atomic E-state index is 12.7. The molecule has 24 heavy (non-hydrogen) atoms. The van der Waals surface area contributed by atoms with Crippen molar-refractivity contribution < 1.29 is 9.59 Å². The van der Waals surface area contributed by atoms with Gasteiger partial charge in [-0.25, -0.2) is 4.79 Å². The molecule has 1 aromatic carbocycles. The van der Waals surface area contributed by atoms with Gasteiger partial charge in [0.1, 0.15) is 5.54 Å².